The van der Waals surface area contributed by atoms with Gasteiger partial charge in [-0.15, -0.1) is 0 Å². The van der Waals surface area contributed by atoms with Crippen molar-refractivity contribution in [2.75, 3.05) is 18.0 Å². The van der Waals surface area contributed by atoms with E-state index in [1.54, 1.807) is 37.3 Å². The van der Waals surface area contributed by atoms with E-state index in [2.05, 4.69) is 5.32 Å². The van der Waals surface area contributed by atoms with Crippen LogP contribution in [0.4, 0.5) is 5.69 Å². The zero-order valence-corrected chi connectivity index (χ0v) is 25.8. The number of hydrogen-bond acceptors (Lipinski definition) is 5. The summed E-state index contributed by atoms with van der Waals surface area (Å²) >= 11 is 6.38. The summed E-state index contributed by atoms with van der Waals surface area (Å²) in [6.07, 6.45) is 5.09. The lowest BCUT2D eigenvalue weighted by atomic mass is 9.95. The van der Waals surface area contributed by atoms with Gasteiger partial charge >= 0.3 is 0 Å². The summed E-state index contributed by atoms with van der Waals surface area (Å²) in [7, 11) is -2.72. The number of amides is 2. The minimum Gasteiger partial charge on any atom is -0.495 e. The molecule has 3 aromatic rings. The van der Waals surface area contributed by atoms with Gasteiger partial charge in [-0.2, -0.15) is 0 Å². The minimum absolute atomic E-state index is 0.0262. The van der Waals surface area contributed by atoms with Crippen LogP contribution >= 0.6 is 11.6 Å². The van der Waals surface area contributed by atoms with Crippen LogP contribution in [0, 0.1) is 6.92 Å². The first-order chi connectivity index (χ1) is 20.1. The van der Waals surface area contributed by atoms with Crippen molar-refractivity contribution in [2.24, 2.45) is 0 Å². The molecule has 0 saturated heterocycles. The smallest absolute Gasteiger partial charge is 0.264 e. The normalized spacial score (nSPS) is 14.6. The summed E-state index contributed by atoms with van der Waals surface area (Å²) in [5.74, 6) is -0.400. The maximum atomic E-state index is 14.1. The predicted octanol–water partition coefficient (Wildman–Crippen LogP) is 5.72. The van der Waals surface area contributed by atoms with E-state index in [9.17, 15) is 18.0 Å². The maximum Gasteiger partial charge on any atom is 0.264 e. The number of sulfonamides is 1. The number of methoxy groups -OCH3 is 1. The number of halogens is 1. The van der Waals surface area contributed by atoms with Gasteiger partial charge in [-0.3, -0.25) is 13.9 Å². The van der Waals surface area contributed by atoms with E-state index in [1.807, 2.05) is 31.2 Å². The molecule has 10 heteroatoms. The molecule has 8 nitrogen and oxygen atoms in total. The van der Waals surface area contributed by atoms with Crippen molar-refractivity contribution in [3.63, 3.8) is 0 Å². The van der Waals surface area contributed by atoms with Crippen LogP contribution in [0.2, 0.25) is 5.02 Å². The Labute approximate surface area is 253 Å². The molecule has 2 amide bonds. The van der Waals surface area contributed by atoms with E-state index >= 15 is 0 Å². The molecule has 0 aliphatic heterocycles. The Morgan fingerprint density at radius 2 is 1.67 bits per heavy atom. The first-order valence-corrected chi connectivity index (χ1v) is 16.0. The zero-order valence-electron chi connectivity index (χ0n) is 24.3. The molecule has 1 N–H and O–H groups in total. The molecule has 1 fully saturated rings. The Morgan fingerprint density at radius 3 is 2.31 bits per heavy atom. The molecule has 0 radical (unpaired) electrons. The van der Waals surface area contributed by atoms with Gasteiger partial charge < -0.3 is 15.0 Å². The number of nitrogens with zero attached hydrogens (tertiary/aromatic N) is 2. The number of rotatable bonds is 11. The van der Waals surface area contributed by atoms with Crippen LogP contribution in [0.1, 0.15) is 50.2 Å². The molecular weight excluding hydrogens is 574 g/mol. The first kappa shape index (κ1) is 31.4. The van der Waals surface area contributed by atoms with Crippen LogP contribution in [0.25, 0.3) is 0 Å². The number of anilines is 1. The molecule has 4 rings (SSSR count). The van der Waals surface area contributed by atoms with Crippen LogP contribution < -0.4 is 14.4 Å². The average Bonchev–Trinajstić information content (AvgIpc) is 2.99. The molecule has 3 aromatic carbocycles. The van der Waals surface area contributed by atoms with Crippen LogP contribution in [0.3, 0.4) is 0 Å². The molecule has 1 aliphatic rings. The van der Waals surface area contributed by atoms with Crippen LogP contribution in [0.5, 0.6) is 5.75 Å². The molecule has 1 aliphatic carbocycles. The Bertz CT molecular complexity index is 1490. The molecule has 0 aromatic heterocycles. The molecule has 0 heterocycles. The predicted molar refractivity (Wildman–Crippen MR) is 165 cm³/mol. The third-order valence-electron chi connectivity index (χ3n) is 7.75. The van der Waals surface area contributed by atoms with Gasteiger partial charge in [0.05, 0.1) is 22.7 Å². The standard InChI is InChI=1S/C32H38ClN3O5S/c1-23-12-10-11-13-25(23)21-35(24(2)32(38)34-26-14-6-4-7-15-26)31(37)22-36(27-18-19-30(41-3)29(33)20-27)42(39,40)28-16-8-5-9-17-28/h5,8-13,16-20,24,26H,4,6-7,14-15,21-22H2,1-3H3,(H,34,38). The monoisotopic (exact) mass is 611 g/mol. The number of aryl methyl sites for hydroxylation is 1. The van der Waals surface area contributed by atoms with E-state index in [-0.39, 0.29) is 34.1 Å². The molecule has 0 spiro atoms. The van der Waals surface area contributed by atoms with E-state index in [0.717, 1.165) is 47.5 Å². The largest absolute Gasteiger partial charge is 0.495 e. The van der Waals surface area contributed by atoms with E-state index < -0.39 is 28.5 Å². The lowest BCUT2D eigenvalue weighted by molar-refractivity contribution is -0.139. The number of ether oxygens (including phenoxy) is 1. The summed E-state index contributed by atoms with van der Waals surface area (Å²) in [5, 5.41) is 3.32. The quantitative estimate of drug-likeness (QED) is 0.299. The first-order valence-electron chi connectivity index (χ1n) is 14.2. The SMILES string of the molecule is COc1ccc(N(CC(=O)N(Cc2ccccc2C)C(C)C(=O)NC2CCCCC2)S(=O)(=O)c2ccccc2)cc1Cl. The average molecular weight is 612 g/mol. The number of carbonyl (C=O) groups excluding carboxylic acids is 2. The van der Waals surface area contributed by atoms with Crippen molar-refractivity contribution in [3.8, 4) is 5.75 Å². The Balaban J connectivity index is 1.70. The Kier molecular flexibility index (Phi) is 10.5. The summed E-state index contributed by atoms with van der Waals surface area (Å²) in [6, 6.07) is 19.3. The van der Waals surface area contributed by atoms with Crippen molar-refractivity contribution < 1.29 is 22.7 Å². The molecule has 1 atom stereocenters. The summed E-state index contributed by atoms with van der Waals surface area (Å²) in [4.78, 5) is 29.1. The third kappa shape index (κ3) is 7.44. The van der Waals surface area contributed by atoms with Crippen molar-refractivity contribution in [2.45, 2.75) is 69.5 Å². The second-order valence-electron chi connectivity index (χ2n) is 10.6. The van der Waals surface area contributed by atoms with Crippen molar-refractivity contribution in [1.29, 1.82) is 0 Å². The van der Waals surface area contributed by atoms with Gasteiger partial charge in [-0.05, 0) is 68.1 Å². The van der Waals surface area contributed by atoms with Crippen molar-refractivity contribution in [3.05, 3.63) is 88.9 Å². The molecule has 224 valence electrons. The number of carbonyl (C=O) groups is 2. The summed E-state index contributed by atoms with van der Waals surface area (Å²) < 4.78 is 34.2. The molecule has 0 bridgehead atoms. The lowest BCUT2D eigenvalue weighted by Crippen LogP contribution is -2.53. The van der Waals surface area contributed by atoms with Gasteiger partial charge in [0, 0.05) is 12.6 Å². The van der Waals surface area contributed by atoms with Crippen molar-refractivity contribution in [1.82, 2.24) is 10.2 Å². The van der Waals surface area contributed by atoms with Gasteiger partial charge in [-0.1, -0.05) is 73.3 Å². The highest BCUT2D eigenvalue weighted by Crippen LogP contribution is 2.32. The highest BCUT2D eigenvalue weighted by molar-refractivity contribution is 7.92. The summed E-state index contributed by atoms with van der Waals surface area (Å²) in [6.45, 7) is 3.24. The van der Waals surface area contributed by atoms with E-state index in [1.165, 1.54) is 30.2 Å². The molecule has 1 saturated carbocycles. The topological polar surface area (TPSA) is 96.0 Å². The highest BCUT2D eigenvalue weighted by atomic mass is 35.5. The Morgan fingerprint density at radius 1 is 1.00 bits per heavy atom. The lowest BCUT2D eigenvalue weighted by Gasteiger charge is -2.33. The van der Waals surface area contributed by atoms with E-state index in [4.69, 9.17) is 16.3 Å². The number of hydrogen-bond donors (Lipinski definition) is 1. The second kappa shape index (κ2) is 14.1. The van der Waals surface area contributed by atoms with E-state index in [0.29, 0.717) is 5.75 Å². The number of benzene rings is 3. The van der Waals surface area contributed by atoms with Gasteiger partial charge in [0.15, 0.2) is 0 Å². The van der Waals surface area contributed by atoms with Gasteiger partial charge in [0.2, 0.25) is 11.8 Å². The highest BCUT2D eigenvalue weighted by Gasteiger charge is 2.33. The molecular formula is C32H38ClN3O5S. The summed E-state index contributed by atoms with van der Waals surface area (Å²) in [5.41, 5.74) is 2.03. The van der Waals surface area contributed by atoms with Gasteiger partial charge in [0.1, 0.15) is 18.3 Å². The van der Waals surface area contributed by atoms with Crippen molar-refractivity contribution >= 4 is 39.1 Å². The third-order valence-corrected chi connectivity index (χ3v) is 9.84. The van der Waals surface area contributed by atoms with Crippen LogP contribution in [-0.2, 0) is 26.2 Å². The van der Waals surface area contributed by atoms with Crippen LogP contribution in [-0.4, -0.2) is 50.9 Å². The van der Waals surface area contributed by atoms with Gasteiger partial charge in [-0.25, -0.2) is 8.42 Å². The molecule has 1 unspecified atom stereocenters. The fraction of sp³-hybridized carbons (Fsp3) is 0.375. The Hall–Kier alpha value is -3.56. The van der Waals surface area contributed by atoms with Gasteiger partial charge in [0.25, 0.3) is 10.0 Å². The zero-order chi connectivity index (χ0) is 30.3. The maximum absolute atomic E-state index is 14.1. The second-order valence-corrected chi connectivity index (χ2v) is 12.9. The number of nitrogens with one attached hydrogen (secondary N) is 1. The fourth-order valence-electron chi connectivity index (χ4n) is 5.18. The fourth-order valence-corrected chi connectivity index (χ4v) is 6.86. The molecule has 42 heavy (non-hydrogen) atoms. The van der Waals surface area contributed by atoms with Crippen LogP contribution in [0.15, 0.2) is 77.7 Å². The minimum atomic E-state index is -4.18.